The molecule has 1 N–H and O–H groups in total. The molecule has 0 unspecified atom stereocenters. The third-order valence-electron chi connectivity index (χ3n) is 4.76. The zero-order valence-corrected chi connectivity index (χ0v) is 12.4. The summed E-state index contributed by atoms with van der Waals surface area (Å²) in [6.45, 7) is 3.75. The van der Waals surface area contributed by atoms with Crippen LogP contribution in [0.2, 0.25) is 0 Å². The highest BCUT2D eigenvalue weighted by molar-refractivity contribution is 5.76. The van der Waals surface area contributed by atoms with Gasteiger partial charge < -0.3 is 5.11 Å². The van der Waals surface area contributed by atoms with Crippen LogP contribution >= 0.6 is 0 Å². The van der Waals surface area contributed by atoms with E-state index in [-0.39, 0.29) is 0 Å². The monoisotopic (exact) mass is 280 g/mol. The number of aryl methyl sites for hydroxylation is 1. The van der Waals surface area contributed by atoms with Crippen LogP contribution in [0.5, 0.6) is 0 Å². The van der Waals surface area contributed by atoms with Crippen molar-refractivity contribution in [3.63, 3.8) is 0 Å². The fourth-order valence-corrected chi connectivity index (χ4v) is 3.27. The van der Waals surface area contributed by atoms with Gasteiger partial charge in [-0.1, -0.05) is 39.5 Å². The van der Waals surface area contributed by atoms with Crippen LogP contribution in [-0.4, -0.2) is 31.3 Å². The number of hydrogen-bond acceptors (Lipinski definition) is 4. The van der Waals surface area contributed by atoms with E-state index < -0.39 is 11.5 Å². The Labute approximate surface area is 119 Å². The first-order valence-electron chi connectivity index (χ1n) is 7.65. The Balaban J connectivity index is 2.15. The highest BCUT2D eigenvalue weighted by Crippen LogP contribution is 2.30. The molecule has 1 aliphatic rings. The molecule has 1 fully saturated rings. The Morgan fingerprint density at radius 2 is 2.00 bits per heavy atom. The first kappa shape index (κ1) is 14.9. The maximum Gasteiger partial charge on any atom is 0.331 e. The predicted octanol–water partition coefficient (Wildman–Crippen LogP) is 2.40. The van der Waals surface area contributed by atoms with Crippen LogP contribution in [0.4, 0.5) is 0 Å². The average Bonchev–Trinajstić information content (AvgIpc) is 3.09. The summed E-state index contributed by atoms with van der Waals surface area (Å²) in [4.78, 5) is 11.7. The number of carbonyl (C=O) groups is 1. The zero-order chi connectivity index (χ0) is 14.6. The summed E-state index contributed by atoms with van der Waals surface area (Å²) < 4.78 is 1.55. The summed E-state index contributed by atoms with van der Waals surface area (Å²) in [6, 6.07) is 0. The average molecular weight is 280 g/mol. The van der Waals surface area contributed by atoms with E-state index in [2.05, 4.69) is 15.5 Å². The maximum atomic E-state index is 11.7. The summed E-state index contributed by atoms with van der Waals surface area (Å²) in [5, 5.41) is 21.3. The first-order valence-corrected chi connectivity index (χ1v) is 7.65. The smallest absolute Gasteiger partial charge is 0.331 e. The molecule has 20 heavy (non-hydrogen) atoms. The van der Waals surface area contributed by atoms with Gasteiger partial charge in [0.1, 0.15) is 0 Å². The van der Waals surface area contributed by atoms with Gasteiger partial charge >= 0.3 is 5.97 Å². The fourth-order valence-electron chi connectivity index (χ4n) is 3.27. The number of hydrogen-bond donors (Lipinski definition) is 1. The number of rotatable bonds is 7. The molecule has 1 aliphatic carbocycles. The van der Waals surface area contributed by atoms with Crippen molar-refractivity contribution < 1.29 is 9.90 Å². The molecule has 0 aliphatic heterocycles. The van der Waals surface area contributed by atoms with Crippen LogP contribution in [0.3, 0.4) is 0 Å². The Kier molecular flexibility index (Phi) is 4.73. The van der Waals surface area contributed by atoms with Gasteiger partial charge in [0, 0.05) is 6.42 Å². The van der Waals surface area contributed by atoms with Crippen LogP contribution < -0.4 is 0 Å². The highest BCUT2D eigenvalue weighted by atomic mass is 16.4. The summed E-state index contributed by atoms with van der Waals surface area (Å²) in [5.74, 6) is 0.613. The van der Waals surface area contributed by atoms with Crippen molar-refractivity contribution in [3.05, 3.63) is 5.82 Å². The summed E-state index contributed by atoms with van der Waals surface area (Å²) in [7, 11) is 0. The number of nitrogens with zero attached hydrogens (tertiary/aromatic N) is 4. The SMILES string of the molecule is CCC(CC)(C(=O)O)n1nnnc1CCC1CCCC1. The van der Waals surface area contributed by atoms with Gasteiger partial charge in [0.2, 0.25) is 0 Å². The molecule has 0 spiro atoms. The molecule has 0 bridgehead atoms. The topological polar surface area (TPSA) is 80.9 Å². The molecule has 1 aromatic heterocycles. The van der Waals surface area contributed by atoms with Crippen LogP contribution in [0.15, 0.2) is 0 Å². The van der Waals surface area contributed by atoms with E-state index in [1.54, 1.807) is 4.68 Å². The zero-order valence-electron chi connectivity index (χ0n) is 12.4. The molecule has 0 atom stereocenters. The van der Waals surface area contributed by atoms with E-state index in [1.165, 1.54) is 25.7 Å². The molecule has 1 aromatic rings. The first-order chi connectivity index (χ1) is 9.64. The fraction of sp³-hybridized carbons (Fsp3) is 0.857. The van der Waals surface area contributed by atoms with E-state index in [9.17, 15) is 9.90 Å². The van der Waals surface area contributed by atoms with Crippen LogP contribution in [-0.2, 0) is 16.8 Å². The third kappa shape index (κ3) is 2.69. The third-order valence-corrected chi connectivity index (χ3v) is 4.76. The van der Waals surface area contributed by atoms with Crippen molar-refractivity contribution in [3.8, 4) is 0 Å². The number of carboxylic acid groups (broad SMARTS) is 1. The molecule has 2 rings (SSSR count). The Morgan fingerprint density at radius 1 is 1.35 bits per heavy atom. The van der Waals surface area contributed by atoms with E-state index in [0.717, 1.165) is 18.8 Å². The molecule has 0 aromatic carbocycles. The van der Waals surface area contributed by atoms with Crippen molar-refractivity contribution in [2.24, 2.45) is 5.92 Å². The second-order valence-electron chi connectivity index (χ2n) is 5.74. The van der Waals surface area contributed by atoms with Crippen LogP contribution in [0.25, 0.3) is 0 Å². The number of tetrazole rings is 1. The van der Waals surface area contributed by atoms with Gasteiger partial charge in [0.15, 0.2) is 11.4 Å². The molecule has 0 radical (unpaired) electrons. The molecule has 0 saturated heterocycles. The van der Waals surface area contributed by atoms with Crippen molar-refractivity contribution >= 4 is 5.97 Å². The Hall–Kier alpha value is -1.46. The van der Waals surface area contributed by atoms with E-state index in [4.69, 9.17) is 0 Å². The van der Waals surface area contributed by atoms with Crippen molar-refractivity contribution in [2.75, 3.05) is 0 Å². The second-order valence-corrected chi connectivity index (χ2v) is 5.74. The number of aromatic nitrogens is 4. The highest BCUT2D eigenvalue weighted by Gasteiger charge is 2.40. The lowest BCUT2D eigenvalue weighted by atomic mass is 9.92. The predicted molar refractivity (Wildman–Crippen MR) is 74.3 cm³/mol. The molecule has 6 heteroatoms. The molecular formula is C14H24N4O2. The quantitative estimate of drug-likeness (QED) is 0.829. The Morgan fingerprint density at radius 3 is 2.55 bits per heavy atom. The van der Waals surface area contributed by atoms with Crippen molar-refractivity contribution in [2.45, 2.75) is 70.8 Å². The number of carboxylic acids is 1. The normalized spacial score (nSPS) is 16.7. The second kappa shape index (κ2) is 6.33. The largest absolute Gasteiger partial charge is 0.479 e. The van der Waals surface area contributed by atoms with Crippen molar-refractivity contribution in [1.82, 2.24) is 20.2 Å². The van der Waals surface area contributed by atoms with Gasteiger partial charge in [-0.2, -0.15) is 0 Å². The van der Waals surface area contributed by atoms with E-state index >= 15 is 0 Å². The van der Waals surface area contributed by atoms with Gasteiger partial charge in [0.05, 0.1) is 0 Å². The van der Waals surface area contributed by atoms with E-state index in [0.29, 0.717) is 18.7 Å². The lowest BCUT2D eigenvalue weighted by Gasteiger charge is -2.27. The van der Waals surface area contributed by atoms with Gasteiger partial charge in [-0.3, -0.25) is 0 Å². The van der Waals surface area contributed by atoms with Gasteiger partial charge in [0.25, 0.3) is 0 Å². The summed E-state index contributed by atoms with van der Waals surface area (Å²) >= 11 is 0. The molecule has 1 saturated carbocycles. The lowest BCUT2D eigenvalue weighted by molar-refractivity contribution is -0.148. The minimum absolute atomic E-state index is 0.486. The standard InChI is InChI=1S/C14H24N4O2/c1-3-14(4-2,13(19)20)18-12(15-16-17-18)10-9-11-7-5-6-8-11/h11H,3-10H2,1-2H3,(H,19,20). The minimum Gasteiger partial charge on any atom is -0.479 e. The van der Waals surface area contributed by atoms with E-state index in [1.807, 2.05) is 13.8 Å². The summed E-state index contributed by atoms with van der Waals surface area (Å²) in [6.07, 6.45) is 8.01. The molecule has 112 valence electrons. The molecular weight excluding hydrogens is 256 g/mol. The van der Waals surface area contributed by atoms with Crippen molar-refractivity contribution in [1.29, 1.82) is 0 Å². The molecule has 1 heterocycles. The molecule has 0 amide bonds. The molecule has 6 nitrogen and oxygen atoms in total. The lowest BCUT2D eigenvalue weighted by Crippen LogP contribution is -2.42. The van der Waals surface area contributed by atoms with Gasteiger partial charge in [-0.05, 0) is 35.6 Å². The van der Waals surface area contributed by atoms with Crippen LogP contribution in [0, 0.1) is 5.92 Å². The van der Waals surface area contributed by atoms with Gasteiger partial charge in [-0.15, -0.1) is 5.10 Å². The van der Waals surface area contributed by atoms with Crippen LogP contribution in [0.1, 0.15) is 64.6 Å². The Bertz CT molecular complexity index is 448. The summed E-state index contributed by atoms with van der Waals surface area (Å²) in [5.41, 5.74) is -1.01. The minimum atomic E-state index is -1.01. The number of aliphatic carboxylic acids is 1. The maximum absolute atomic E-state index is 11.7. The van der Waals surface area contributed by atoms with Gasteiger partial charge in [-0.25, -0.2) is 9.48 Å².